The number of hydrogen-bond donors (Lipinski definition) is 2. The second-order valence-electron chi connectivity index (χ2n) is 4.81. The van der Waals surface area contributed by atoms with E-state index in [1.807, 2.05) is 28.1 Å². The van der Waals surface area contributed by atoms with Crippen LogP contribution in [0.25, 0.3) is 11.2 Å². The van der Waals surface area contributed by atoms with Crippen molar-refractivity contribution < 1.29 is 8.78 Å². The van der Waals surface area contributed by atoms with Gasteiger partial charge in [0.1, 0.15) is 28.9 Å². The summed E-state index contributed by atoms with van der Waals surface area (Å²) in [4.78, 5) is 12.6. The van der Waals surface area contributed by atoms with Crippen molar-refractivity contribution in [1.82, 2.24) is 19.3 Å². The van der Waals surface area contributed by atoms with Crippen LogP contribution in [0.2, 0.25) is 0 Å². The van der Waals surface area contributed by atoms with Crippen molar-refractivity contribution >= 4 is 56.9 Å². The third-order valence-corrected chi connectivity index (χ3v) is 5.37. The first-order valence-electron chi connectivity index (χ1n) is 6.97. The Morgan fingerprint density at radius 1 is 1.28 bits per heavy atom. The van der Waals surface area contributed by atoms with Gasteiger partial charge in [0.15, 0.2) is 11.5 Å². The van der Waals surface area contributed by atoms with E-state index in [0.717, 1.165) is 0 Å². The molecule has 3 rings (SSSR count). The second-order valence-corrected chi connectivity index (χ2v) is 6.88. The van der Waals surface area contributed by atoms with Gasteiger partial charge in [-0.3, -0.25) is 4.34 Å². The highest BCUT2D eigenvalue weighted by Gasteiger charge is 2.22. The molecule has 0 aliphatic carbocycles. The molecule has 1 unspecified atom stereocenters. The van der Waals surface area contributed by atoms with Crippen LogP contribution in [0.1, 0.15) is 17.9 Å². The fourth-order valence-electron chi connectivity index (χ4n) is 2.25. The Hall–Kier alpha value is -2.12. The van der Waals surface area contributed by atoms with Crippen molar-refractivity contribution in [3.63, 3.8) is 0 Å². The largest absolute Gasteiger partial charge is 0.386 e. The molecule has 3 aromatic heterocycles. The number of nitrogens with one attached hydrogen (secondary N) is 2. The number of aromatic nitrogens is 4. The van der Waals surface area contributed by atoms with Gasteiger partial charge in [0.25, 0.3) is 6.43 Å². The van der Waals surface area contributed by atoms with E-state index in [1.165, 1.54) is 4.34 Å². The van der Waals surface area contributed by atoms with Crippen LogP contribution in [0.15, 0.2) is 24.3 Å². The lowest BCUT2D eigenvalue weighted by Crippen LogP contribution is -2.00. The summed E-state index contributed by atoms with van der Waals surface area (Å²) in [6.45, 7) is 0. The van der Waals surface area contributed by atoms with Crippen LogP contribution in [0, 0.1) is 11.3 Å². The van der Waals surface area contributed by atoms with Crippen molar-refractivity contribution in [2.75, 3.05) is 17.7 Å². The highest BCUT2D eigenvalue weighted by Crippen LogP contribution is 2.37. The van der Waals surface area contributed by atoms with Crippen molar-refractivity contribution in [3.8, 4) is 6.07 Å². The molecule has 0 amide bonds. The van der Waals surface area contributed by atoms with Crippen LogP contribution in [0.3, 0.4) is 0 Å². The molecule has 3 aromatic rings. The summed E-state index contributed by atoms with van der Waals surface area (Å²) >= 11 is 2.01. The maximum Gasteiger partial charge on any atom is 0.295 e. The number of halogens is 3. The molecule has 0 aliphatic heterocycles. The minimum absolute atomic E-state index is 0.0273. The Labute approximate surface area is 156 Å². The molecule has 0 saturated carbocycles. The first-order valence-corrected chi connectivity index (χ1v) is 11.0. The zero-order chi connectivity index (χ0) is 18.0. The SMILES string of the molecule is CNc1cc(Nc2cccc(C#N)n2)nc2c1nc(C(F)F)n2PI. The summed E-state index contributed by atoms with van der Waals surface area (Å²) in [5.41, 5.74) is 1.57. The fourth-order valence-corrected chi connectivity index (χ4v) is 4.14. The third-order valence-electron chi connectivity index (χ3n) is 3.31. The van der Waals surface area contributed by atoms with Crippen LogP contribution in [0.5, 0.6) is 0 Å². The number of alkyl halides is 2. The van der Waals surface area contributed by atoms with Crippen molar-refractivity contribution in [1.29, 1.82) is 5.26 Å². The molecule has 7 nitrogen and oxygen atoms in total. The predicted molar refractivity (Wildman–Crippen MR) is 102 cm³/mol. The lowest BCUT2D eigenvalue weighted by atomic mass is 10.3. The Kier molecular flexibility index (Phi) is 5.24. The van der Waals surface area contributed by atoms with Gasteiger partial charge in [-0.15, -0.1) is 0 Å². The molecule has 0 saturated heterocycles. The molecular weight excluding hydrogens is 462 g/mol. The van der Waals surface area contributed by atoms with E-state index < -0.39 is 6.43 Å². The standard InChI is InChI=1S/C14H11F2IN7P/c1-19-8-5-10(21-9-4-2-3-7(6-18)20-9)22-13-11(8)23-14(12(15)16)24(13)25-17/h2-5,12,25H,1H3,(H2,19,20,21,22). The molecule has 128 valence electrons. The summed E-state index contributed by atoms with van der Waals surface area (Å²) in [7, 11) is 1.68. The summed E-state index contributed by atoms with van der Waals surface area (Å²) in [5.74, 6) is 0.537. The van der Waals surface area contributed by atoms with Crippen LogP contribution >= 0.6 is 28.4 Å². The molecule has 11 heteroatoms. The Balaban J connectivity index is 2.11. The number of nitriles is 1. The molecule has 0 radical (unpaired) electrons. The molecule has 0 bridgehead atoms. The molecule has 2 N–H and O–H groups in total. The van der Waals surface area contributed by atoms with Gasteiger partial charge >= 0.3 is 0 Å². The Bertz CT molecular complexity index is 970. The van der Waals surface area contributed by atoms with Crippen LogP contribution in [0.4, 0.5) is 26.1 Å². The van der Waals surface area contributed by atoms with Gasteiger partial charge in [-0.05, 0) is 34.2 Å². The number of hydrogen-bond acceptors (Lipinski definition) is 6. The maximum atomic E-state index is 13.2. The van der Waals surface area contributed by atoms with Gasteiger partial charge in [0.2, 0.25) is 0 Å². The number of nitrogens with zero attached hydrogens (tertiary/aromatic N) is 5. The number of imidazole rings is 1. The zero-order valence-electron chi connectivity index (χ0n) is 12.8. The fraction of sp³-hybridized carbons (Fsp3) is 0.143. The molecule has 25 heavy (non-hydrogen) atoms. The molecule has 0 aliphatic rings. The van der Waals surface area contributed by atoms with E-state index in [2.05, 4.69) is 25.6 Å². The quantitative estimate of drug-likeness (QED) is 0.426. The first kappa shape index (κ1) is 17.7. The summed E-state index contributed by atoms with van der Waals surface area (Å²) in [6, 6.07) is 8.58. The predicted octanol–water partition coefficient (Wildman–Crippen LogP) is 4.21. The number of anilines is 3. The molecule has 0 spiro atoms. The van der Waals surface area contributed by atoms with Crippen LogP contribution in [-0.4, -0.2) is 26.3 Å². The van der Waals surface area contributed by atoms with E-state index in [0.29, 0.717) is 28.5 Å². The minimum Gasteiger partial charge on any atom is -0.386 e. The highest BCUT2D eigenvalue weighted by molar-refractivity contribution is 14.2. The van der Waals surface area contributed by atoms with Crippen LogP contribution < -0.4 is 10.6 Å². The van der Waals surface area contributed by atoms with Crippen molar-refractivity contribution in [2.45, 2.75) is 6.43 Å². The third kappa shape index (κ3) is 3.48. The van der Waals surface area contributed by atoms with E-state index in [1.54, 1.807) is 31.3 Å². The average Bonchev–Trinajstić information content (AvgIpc) is 3.00. The normalized spacial score (nSPS) is 11.4. The average molecular weight is 473 g/mol. The first-order chi connectivity index (χ1) is 12.1. The van der Waals surface area contributed by atoms with Gasteiger partial charge in [-0.2, -0.15) is 5.26 Å². The van der Waals surface area contributed by atoms with Gasteiger partial charge in [-0.25, -0.2) is 23.7 Å². The zero-order valence-corrected chi connectivity index (χ0v) is 15.9. The van der Waals surface area contributed by atoms with E-state index in [4.69, 9.17) is 5.26 Å². The molecule has 0 fully saturated rings. The summed E-state index contributed by atoms with van der Waals surface area (Å²) in [6.07, 6.45) is -2.66. The van der Waals surface area contributed by atoms with Crippen molar-refractivity contribution in [2.24, 2.45) is 0 Å². The monoisotopic (exact) mass is 473 g/mol. The summed E-state index contributed by atoms with van der Waals surface area (Å²) < 4.78 is 27.9. The molecule has 3 heterocycles. The lowest BCUT2D eigenvalue weighted by molar-refractivity contribution is 0.140. The van der Waals surface area contributed by atoms with Gasteiger partial charge in [0, 0.05) is 13.1 Å². The second kappa shape index (κ2) is 7.41. The smallest absolute Gasteiger partial charge is 0.295 e. The van der Waals surface area contributed by atoms with Crippen LogP contribution in [-0.2, 0) is 0 Å². The number of rotatable bonds is 5. The van der Waals surface area contributed by atoms with Gasteiger partial charge in [0.05, 0.1) is 12.1 Å². The minimum atomic E-state index is -2.69. The molecular formula is C14H11F2IN7P. The van der Waals surface area contributed by atoms with E-state index in [9.17, 15) is 8.78 Å². The van der Waals surface area contributed by atoms with Gasteiger partial charge < -0.3 is 10.6 Å². The number of fused-ring (bicyclic) bond motifs is 1. The molecule has 0 aromatic carbocycles. The number of pyridine rings is 2. The molecule has 1 atom stereocenters. The highest BCUT2D eigenvalue weighted by atomic mass is 127. The maximum absolute atomic E-state index is 13.2. The van der Waals surface area contributed by atoms with E-state index in [-0.39, 0.29) is 17.9 Å². The van der Waals surface area contributed by atoms with Gasteiger partial charge in [-0.1, -0.05) is 6.07 Å². The Morgan fingerprint density at radius 3 is 2.72 bits per heavy atom. The lowest BCUT2D eigenvalue weighted by Gasteiger charge is -2.09. The van der Waals surface area contributed by atoms with E-state index >= 15 is 0 Å². The van der Waals surface area contributed by atoms with Crippen molar-refractivity contribution in [3.05, 3.63) is 35.8 Å². The summed E-state index contributed by atoms with van der Waals surface area (Å²) in [5, 5.41) is 14.9. The Morgan fingerprint density at radius 2 is 2.08 bits per heavy atom. The topological polar surface area (TPSA) is 91.4 Å².